The lowest BCUT2D eigenvalue weighted by atomic mass is 10.0. The molecule has 0 N–H and O–H groups in total. The number of rotatable bonds is 3. The Morgan fingerprint density at radius 1 is 1.47 bits per heavy atom. The number of nitrogens with zero attached hydrogens (tertiary/aromatic N) is 1. The molecule has 2 fully saturated rings. The van der Waals surface area contributed by atoms with Crippen molar-refractivity contribution in [2.75, 3.05) is 20.3 Å². The molecule has 3 rings (SSSR count). The van der Waals surface area contributed by atoms with Gasteiger partial charge in [0, 0.05) is 18.0 Å². The smallest absolute Gasteiger partial charge is 0.323 e. The van der Waals surface area contributed by atoms with Gasteiger partial charge in [-0.15, -0.1) is 0 Å². The van der Waals surface area contributed by atoms with E-state index in [0.717, 1.165) is 36.4 Å². The summed E-state index contributed by atoms with van der Waals surface area (Å²) in [5.74, 6) is 1.25. The fraction of sp³-hybridized carbons (Fsp3) is 0.533. The molecule has 0 radical (unpaired) electrons. The van der Waals surface area contributed by atoms with E-state index in [1.807, 2.05) is 19.1 Å². The van der Waals surface area contributed by atoms with Crippen LogP contribution < -0.4 is 4.74 Å². The molecule has 0 amide bonds. The molecular weight excluding hydrogens is 242 g/mol. The third kappa shape index (κ3) is 2.10. The Morgan fingerprint density at radius 2 is 2.32 bits per heavy atom. The van der Waals surface area contributed by atoms with E-state index in [1.165, 1.54) is 0 Å². The zero-order valence-corrected chi connectivity index (χ0v) is 11.4. The number of fused-ring (bicyclic) bond motifs is 1. The van der Waals surface area contributed by atoms with E-state index in [-0.39, 0.29) is 12.0 Å². The highest BCUT2D eigenvalue weighted by atomic mass is 16.5. The molecule has 1 aromatic carbocycles. The maximum atomic E-state index is 11.8. The normalized spacial score (nSPS) is 26.3. The minimum Gasteiger partial charge on any atom is -0.496 e. The molecule has 2 aliphatic rings. The van der Waals surface area contributed by atoms with E-state index in [1.54, 1.807) is 7.11 Å². The summed E-state index contributed by atoms with van der Waals surface area (Å²) in [6.45, 7) is 4.34. The Hall–Kier alpha value is -1.55. The Kier molecular flexibility index (Phi) is 3.19. The van der Waals surface area contributed by atoms with E-state index < -0.39 is 0 Å². The molecular formula is C15H19NO3. The van der Waals surface area contributed by atoms with Crippen LogP contribution in [-0.2, 0) is 16.1 Å². The molecule has 4 nitrogen and oxygen atoms in total. The van der Waals surface area contributed by atoms with E-state index >= 15 is 0 Å². The second-order valence-electron chi connectivity index (χ2n) is 5.36. The largest absolute Gasteiger partial charge is 0.496 e. The first-order chi connectivity index (χ1) is 9.20. The summed E-state index contributed by atoms with van der Waals surface area (Å²) in [6.07, 6.45) is 1.05. The van der Waals surface area contributed by atoms with Crippen molar-refractivity contribution < 1.29 is 14.3 Å². The lowest BCUT2D eigenvalue weighted by Gasteiger charge is -2.22. The lowest BCUT2D eigenvalue weighted by Crippen LogP contribution is -2.35. The van der Waals surface area contributed by atoms with Crippen molar-refractivity contribution in [3.63, 3.8) is 0 Å². The van der Waals surface area contributed by atoms with Crippen LogP contribution in [0, 0.1) is 12.8 Å². The summed E-state index contributed by atoms with van der Waals surface area (Å²) >= 11 is 0. The van der Waals surface area contributed by atoms with Crippen LogP contribution in [0.3, 0.4) is 0 Å². The quantitative estimate of drug-likeness (QED) is 0.777. The topological polar surface area (TPSA) is 38.8 Å². The molecule has 0 aromatic heterocycles. The van der Waals surface area contributed by atoms with E-state index in [4.69, 9.17) is 9.47 Å². The van der Waals surface area contributed by atoms with Crippen LogP contribution in [0.25, 0.3) is 0 Å². The number of ether oxygens (including phenoxy) is 2. The van der Waals surface area contributed by atoms with Gasteiger partial charge in [0.15, 0.2) is 0 Å². The van der Waals surface area contributed by atoms with E-state index in [9.17, 15) is 4.79 Å². The number of likely N-dealkylation sites (tertiary alicyclic amines) is 1. The van der Waals surface area contributed by atoms with Crippen LogP contribution in [-0.4, -0.2) is 37.2 Å². The fourth-order valence-electron chi connectivity index (χ4n) is 3.24. The zero-order valence-electron chi connectivity index (χ0n) is 11.4. The summed E-state index contributed by atoms with van der Waals surface area (Å²) < 4.78 is 10.6. The summed E-state index contributed by atoms with van der Waals surface area (Å²) in [5, 5.41) is 0. The third-order valence-corrected chi connectivity index (χ3v) is 4.18. The van der Waals surface area contributed by atoms with Crippen LogP contribution in [0.5, 0.6) is 5.75 Å². The van der Waals surface area contributed by atoms with Crippen LogP contribution in [0.15, 0.2) is 18.2 Å². The van der Waals surface area contributed by atoms with Crippen molar-refractivity contribution in [1.29, 1.82) is 0 Å². The highest BCUT2D eigenvalue weighted by Crippen LogP contribution is 2.33. The van der Waals surface area contributed by atoms with Crippen molar-refractivity contribution in [1.82, 2.24) is 4.90 Å². The highest BCUT2D eigenvalue weighted by molar-refractivity contribution is 5.78. The molecule has 0 unspecified atom stereocenters. The number of aryl methyl sites for hydroxylation is 1. The zero-order chi connectivity index (χ0) is 13.4. The second-order valence-corrected chi connectivity index (χ2v) is 5.36. The van der Waals surface area contributed by atoms with Crippen molar-refractivity contribution >= 4 is 5.97 Å². The number of carbonyl (C=O) groups excluding carboxylic acids is 1. The number of para-hydroxylation sites is 1. The van der Waals surface area contributed by atoms with Gasteiger partial charge in [0.25, 0.3) is 0 Å². The van der Waals surface area contributed by atoms with Crippen molar-refractivity contribution in [3.8, 4) is 5.75 Å². The van der Waals surface area contributed by atoms with E-state index in [0.29, 0.717) is 12.5 Å². The SMILES string of the molecule is COc1c(C)cccc1CN1CC[C@H]2COC(=O)[C@H]21. The van der Waals surface area contributed by atoms with Crippen molar-refractivity contribution in [2.45, 2.75) is 25.9 Å². The molecule has 19 heavy (non-hydrogen) atoms. The second kappa shape index (κ2) is 4.85. The maximum absolute atomic E-state index is 11.8. The number of hydrogen-bond acceptors (Lipinski definition) is 4. The van der Waals surface area contributed by atoms with Gasteiger partial charge in [-0.25, -0.2) is 0 Å². The first-order valence-corrected chi connectivity index (χ1v) is 6.74. The number of benzene rings is 1. The van der Waals surface area contributed by atoms with E-state index in [2.05, 4.69) is 11.0 Å². The molecule has 2 atom stereocenters. The first kappa shape index (κ1) is 12.5. The van der Waals surface area contributed by atoms with Gasteiger partial charge in [0.05, 0.1) is 13.7 Å². The Balaban J connectivity index is 1.82. The molecule has 4 heteroatoms. The number of hydrogen-bond donors (Lipinski definition) is 0. The van der Waals surface area contributed by atoms with Crippen LogP contribution in [0.4, 0.5) is 0 Å². The summed E-state index contributed by atoms with van der Waals surface area (Å²) in [5.41, 5.74) is 2.27. The van der Waals surface area contributed by atoms with Gasteiger partial charge in [-0.2, -0.15) is 0 Å². The monoisotopic (exact) mass is 261 g/mol. The standard InChI is InChI=1S/C15H19NO3/c1-10-4-3-5-11(14(10)18-2)8-16-7-6-12-9-19-15(17)13(12)16/h3-5,12-13H,6-9H2,1-2H3/t12-,13-/m0/s1. The van der Waals surface area contributed by atoms with Gasteiger partial charge in [-0.3, -0.25) is 9.69 Å². The summed E-state index contributed by atoms with van der Waals surface area (Å²) in [4.78, 5) is 14.0. The first-order valence-electron chi connectivity index (χ1n) is 6.74. The molecule has 1 aromatic rings. The number of methoxy groups -OCH3 is 1. The summed E-state index contributed by atoms with van der Waals surface area (Å²) in [6, 6.07) is 6.09. The fourth-order valence-corrected chi connectivity index (χ4v) is 3.24. The van der Waals surface area contributed by atoms with Gasteiger partial charge in [-0.05, 0) is 25.5 Å². The van der Waals surface area contributed by atoms with Gasteiger partial charge < -0.3 is 9.47 Å². The van der Waals surface area contributed by atoms with Gasteiger partial charge >= 0.3 is 5.97 Å². The molecule has 0 spiro atoms. The Morgan fingerprint density at radius 3 is 3.11 bits per heavy atom. The van der Waals surface area contributed by atoms with Crippen molar-refractivity contribution in [2.24, 2.45) is 5.92 Å². The molecule has 2 heterocycles. The predicted octanol–water partition coefficient (Wildman–Crippen LogP) is 1.75. The highest BCUT2D eigenvalue weighted by Gasteiger charge is 2.45. The molecule has 0 bridgehead atoms. The van der Waals surface area contributed by atoms with Gasteiger partial charge in [0.1, 0.15) is 11.8 Å². The lowest BCUT2D eigenvalue weighted by molar-refractivity contribution is -0.142. The van der Waals surface area contributed by atoms with Crippen LogP contribution in [0.1, 0.15) is 17.5 Å². The number of esters is 1. The average Bonchev–Trinajstić information content (AvgIpc) is 2.95. The van der Waals surface area contributed by atoms with Crippen LogP contribution in [0.2, 0.25) is 0 Å². The molecule has 102 valence electrons. The minimum absolute atomic E-state index is 0.0507. The molecule has 2 aliphatic heterocycles. The predicted molar refractivity (Wildman–Crippen MR) is 71.0 cm³/mol. The molecule has 0 aliphatic carbocycles. The molecule has 2 saturated heterocycles. The van der Waals surface area contributed by atoms with Gasteiger partial charge in [0.2, 0.25) is 0 Å². The summed E-state index contributed by atoms with van der Waals surface area (Å²) in [7, 11) is 1.70. The minimum atomic E-state index is -0.0610. The Labute approximate surface area is 113 Å². The number of carbonyl (C=O) groups is 1. The van der Waals surface area contributed by atoms with Gasteiger partial charge in [-0.1, -0.05) is 18.2 Å². The third-order valence-electron chi connectivity index (χ3n) is 4.18. The Bertz CT molecular complexity index is 500. The van der Waals surface area contributed by atoms with Crippen molar-refractivity contribution in [3.05, 3.63) is 29.3 Å². The maximum Gasteiger partial charge on any atom is 0.323 e. The number of cyclic esters (lactones) is 1. The van der Waals surface area contributed by atoms with Crippen LogP contribution >= 0.6 is 0 Å². The average molecular weight is 261 g/mol. The molecule has 0 saturated carbocycles.